The van der Waals surface area contributed by atoms with Crippen LogP contribution in [0.3, 0.4) is 0 Å². The van der Waals surface area contributed by atoms with Gasteiger partial charge in [0, 0.05) is 39.0 Å². The zero-order valence-corrected chi connectivity index (χ0v) is 11.5. The number of amides is 1. The Morgan fingerprint density at radius 1 is 1.40 bits per heavy atom. The Morgan fingerprint density at radius 2 is 2.05 bits per heavy atom. The number of benzene rings is 1. The van der Waals surface area contributed by atoms with Crippen molar-refractivity contribution < 1.29 is 22.7 Å². The summed E-state index contributed by atoms with van der Waals surface area (Å²) in [5.41, 5.74) is -0.922. The summed E-state index contributed by atoms with van der Waals surface area (Å²) >= 11 is 0. The minimum absolute atomic E-state index is 0.00470. The molecule has 4 nitrogen and oxygen atoms in total. The fourth-order valence-electron chi connectivity index (χ4n) is 1.68. The van der Waals surface area contributed by atoms with E-state index in [0.29, 0.717) is 13.2 Å². The molecule has 0 saturated heterocycles. The van der Waals surface area contributed by atoms with Gasteiger partial charge in [-0.05, 0) is 18.2 Å². The Morgan fingerprint density at radius 3 is 2.55 bits per heavy atom. The van der Waals surface area contributed by atoms with Crippen LogP contribution >= 0.6 is 0 Å². The highest BCUT2D eigenvalue weighted by Gasteiger charge is 2.34. The predicted octanol–water partition coefficient (Wildman–Crippen LogP) is 2.47. The lowest BCUT2D eigenvalue weighted by atomic mass is 10.1. The number of hydrogen-bond acceptors (Lipinski definition) is 3. The summed E-state index contributed by atoms with van der Waals surface area (Å²) in [6, 6.07) is 3.48. The zero-order chi connectivity index (χ0) is 15.3. The number of carbonyl (C=O) groups excluding carboxylic acids is 1. The van der Waals surface area contributed by atoms with Crippen LogP contribution in [0.2, 0.25) is 0 Å². The van der Waals surface area contributed by atoms with E-state index in [-0.39, 0.29) is 11.3 Å². The number of hydrogen-bond donors (Lipinski definition) is 1. The number of ether oxygens (including phenoxy) is 1. The quantitative estimate of drug-likeness (QED) is 0.905. The van der Waals surface area contributed by atoms with Crippen molar-refractivity contribution in [2.75, 3.05) is 39.7 Å². The van der Waals surface area contributed by atoms with E-state index in [4.69, 9.17) is 4.74 Å². The van der Waals surface area contributed by atoms with Crippen molar-refractivity contribution in [3.05, 3.63) is 29.3 Å². The van der Waals surface area contributed by atoms with Gasteiger partial charge in [0.2, 0.25) is 0 Å². The van der Waals surface area contributed by atoms with E-state index >= 15 is 0 Å². The summed E-state index contributed by atoms with van der Waals surface area (Å²) in [6.45, 7) is 0.632. The summed E-state index contributed by atoms with van der Waals surface area (Å²) in [4.78, 5) is 13.3. The van der Waals surface area contributed by atoms with Gasteiger partial charge in [0.1, 0.15) is 0 Å². The molecule has 0 aromatic heterocycles. The standard InChI is InChI=1S/C13H17F3N2O2/c1-17-11-5-4-9(8-10(11)13(14,15)16)12(19)18(2)6-7-20-3/h4-5,8,17H,6-7H2,1-3H3. The number of rotatable bonds is 5. The third-order valence-corrected chi connectivity index (χ3v) is 2.82. The van der Waals surface area contributed by atoms with Gasteiger partial charge in [0.25, 0.3) is 5.91 Å². The molecule has 1 aromatic carbocycles. The summed E-state index contributed by atoms with van der Waals surface area (Å²) in [5, 5.41) is 2.47. The van der Waals surface area contributed by atoms with Gasteiger partial charge in [-0.15, -0.1) is 0 Å². The number of anilines is 1. The molecule has 1 aromatic rings. The van der Waals surface area contributed by atoms with Crippen molar-refractivity contribution >= 4 is 11.6 Å². The first-order valence-corrected chi connectivity index (χ1v) is 5.94. The summed E-state index contributed by atoms with van der Waals surface area (Å²) in [6.07, 6.45) is -4.51. The molecule has 0 bridgehead atoms. The molecule has 0 fully saturated rings. The highest BCUT2D eigenvalue weighted by Crippen LogP contribution is 2.35. The van der Waals surface area contributed by atoms with Crippen molar-refractivity contribution in [1.82, 2.24) is 4.90 Å². The summed E-state index contributed by atoms with van der Waals surface area (Å²) < 4.78 is 43.5. The summed E-state index contributed by atoms with van der Waals surface area (Å²) in [5.74, 6) is -0.477. The molecule has 0 saturated carbocycles. The lowest BCUT2D eigenvalue weighted by Crippen LogP contribution is -2.30. The van der Waals surface area contributed by atoms with Gasteiger partial charge >= 0.3 is 6.18 Å². The molecule has 7 heteroatoms. The van der Waals surface area contributed by atoms with Crippen molar-refractivity contribution in [3.63, 3.8) is 0 Å². The molecule has 1 N–H and O–H groups in total. The number of carbonyl (C=O) groups is 1. The molecule has 1 amide bonds. The van der Waals surface area contributed by atoms with Crippen LogP contribution in [0, 0.1) is 0 Å². The van der Waals surface area contributed by atoms with Crippen LogP contribution in [-0.2, 0) is 10.9 Å². The van der Waals surface area contributed by atoms with Gasteiger partial charge in [-0.25, -0.2) is 0 Å². The molecule has 0 aliphatic rings. The molecule has 1 rings (SSSR count). The number of alkyl halides is 3. The lowest BCUT2D eigenvalue weighted by molar-refractivity contribution is -0.136. The van der Waals surface area contributed by atoms with E-state index < -0.39 is 17.6 Å². The number of methoxy groups -OCH3 is 1. The Balaban J connectivity index is 3.05. The van der Waals surface area contributed by atoms with Gasteiger partial charge in [0.05, 0.1) is 12.2 Å². The number of nitrogens with zero attached hydrogens (tertiary/aromatic N) is 1. The number of halogens is 3. The van der Waals surface area contributed by atoms with Crippen LogP contribution < -0.4 is 5.32 Å². The molecule has 0 unspecified atom stereocenters. The largest absolute Gasteiger partial charge is 0.418 e. The van der Waals surface area contributed by atoms with Gasteiger partial charge in [-0.3, -0.25) is 4.79 Å². The summed E-state index contributed by atoms with van der Waals surface area (Å²) in [7, 11) is 4.40. The Kier molecular flexibility index (Phi) is 5.38. The second-order valence-electron chi connectivity index (χ2n) is 4.23. The van der Waals surface area contributed by atoms with E-state index in [2.05, 4.69) is 5.32 Å². The second-order valence-corrected chi connectivity index (χ2v) is 4.23. The Labute approximate surface area is 115 Å². The van der Waals surface area contributed by atoms with Gasteiger partial charge in [-0.2, -0.15) is 13.2 Å². The third kappa shape index (κ3) is 3.86. The van der Waals surface area contributed by atoms with Crippen LogP contribution in [-0.4, -0.2) is 45.2 Å². The number of nitrogens with one attached hydrogen (secondary N) is 1. The first-order valence-electron chi connectivity index (χ1n) is 5.94. The van der Waals surface area contributed by atoms with E-state index in [1.165, 1.54) is 38.2 Å². The van der Waals surface area contributed by atoms with Crippen molar-refractivity contribution in [2.24, 2.45) is 0 Å². The smallest absolute Gasteiger partial charge is 0.388 e. The molecular weight excluding hydrogens is 273 g/mol. The highest BCUT2D eigenvalue weighted by atomic mass is 19.4. The van der Waals surface area contributed by atoms with Crippen molar-refractivity contribution in [3.8, 4) is 0 Å². The third-order valence-electron chi connectivity index (χ3n) is 2.82. The average molecular weight is 290 g/mol. The number of likely N-dealkylation sites (N-methyl/N-ethyl adjacent to an activating group) is 1. The van der Waals surface area contributed by atoms with E-state index in [1.807, 2.05) is 0 Å². The molecular formula is C13H17F3N2O2. The first-order chi connectivity index (χ1) is 9.31. The molecule has 112 valence electrons. The van der Waals surface area contributed by atoms with Crippen LogP contribution in [0.15, 0.2) is 18.2 Å². The van der Waals surface area contributed by atoms with E-state index in [0.717, 1.165) is 6.07 Å². The average Bonchev–Trinajstić information content (AvgIpc) is 2.42. The van der Waals surface area contributed by atoms with Crippen LogP contribution in [0.5, 0.6) is 0 Å². The van der Waals surface area contributed by atoms with Crippen molar-refractivity contribution in [2.45, 2.75) is 6.18 Å². The normalized spacial score (nSPS) is 11.3. The SMILES string of the molecule is CNc1ccc(C(=O)N(C)CCOC)cc1C(F)(F)F. The zero-order valence-electron chi connectivity index (χ0n) is 11.5. The maximum Gasteiger partial charge on any atom is 0.418 e. The highest BCUT2D eigenvalue weighted by molar-refractivity contribution is 5.94. The molecule has 0 spiro atoms. The minimum atomic E-state index is -4.51. The Bertz CT molecular complexity index is 475. The fraction of sp³-hybridized carbons (Fsp3) is 0.462. The molecule has 0 radical (unpaired) electrons. The monoisotopic (exact) mass is 290 g/mol. The van der Waals surface area contributed by atoms with Gasteiger partial charge < -0.3 is 15.0 Å². The fourth-order valence-corrected chi connectivity index (χ4v) is 1.68. The molecule has 20 heavy (non-hydrogen) atoms. The van der Waals surface area contributed by atoms with E-state index in [1.54, 1.807) is 0 Å². The topological polar surface area (TPSA) is 41.6 Å². The molecule has 0 atom stereocenters. The second kappa shape index (κ2) is 6.60. The van der Waals surface area contributed by atoms with Crippen LogP contribution in [0.4, 0.5) is 18.9 Å². The van der Waals surface area contributed by atoms with Crippen molar-refractivity contribution in [1.29, 1.82) is 0 Å². The van der Waals surface area contributed by atoms with Crippen LogP contribution in [0.25, 0.3) is 0 Å². The molecule has 0 aliphatic carbocycles. The van der Waals surface area contributed by atoms with Gasteiger partial charge in [-0.1, -0.05) is 0 Å². The predicted molar refractivity (Wildman–Crippen MR) is 69.8 cm³/mol. The molecule has 0 heterocycles. The first kappa shape index (κ1) is 16.3. The maximum atomic E-state index is 12.9. The minimum Gasteiger partial charge on any atom is -0.388 e. The van der Waals surface area contributed by atoms with Gasteiger partial charge in [0.15, 0.2) is 0 Å². The van der Waals surface area contributed by atoms with Crippen LogP contribution in [0.1, 0.15) is 15.9 Å². The molecule has 0 aliphatic heterocycles. The van der Waals surface area contributed by atoms with E-state index in [9.17, 15) is 18.0 Å². The maximum absolute atomic E-state index is 12.9. The Hall–Kier alpha value is -1.76. The lowest BCUT2D eigenvalue weighted by Gasteiger charge is -2.18.